The van der Waals surface area contributed by atoms with Gasteiger partial charge in [0.2, 0.25) is 0 Å². The van der Waals surface area contributed by atoms with Crippen molar-refractivity contribution in [3.8, 4) is 0 Å². The number of nitrogens with zero attached hydrogens (tertiary/aromatic N) is 1. The SMILES string of the molecule is CCNC(=NCC(CCO)CC(C)C)NCCC(=O)OC.I. The minimum Gasteiger partial charge on any atom is -0.469 e. The summed E-state index contributed by atoms with van der Waals surface area (Å²) in [5.74, 6) is 1.43. The van der Waals surface area contributed by atoms with E-state index >= 15 is 0 Å². The number of carbonyl (C=O) groups is 1. The lowest BCUT2D eigenvalue weighted by Gasteiger charge is -2.17. The van der Waals surface area contributed by atoms with Gasteiger partial charge in [0.1, 0.15) is 0 Å². The van der Waals surface area contributed by atoms with Crippen LogP contribution in [-0.2, 0) is 9.53 Å². The van der Waals surface area contributed by atoms with Crippen LogP contribution in [0.2, 0.25) is 0 Å². The van der Waals surface area contributed by atoms with Crippen molar-refractivity contribution in [2.75, 3.05) is 33.4 Å². The maximum atomic E-state index is 11.1. The van der Waals surface area contributed by atoms with Crippen LogP contribution in [0.4, 0.5) is 0 Å². The fourth-order valence-electron chi connectivity index (χ4n) is 2.08. The summed E-state index contributed by atoms with van der Waals surface area (Å²) >= 11 is 0. The number of guanidine groups is 1. The summed E-state index contributed by atoms with van der Waals surface area (Å²) in [6, 6.07) is 0. The maximum Gasteiger partial charge on any atom is 0.307 e. The van der Waals surface area contributed by atoms with Crippen LogP contribution in [0.5, 0.6) is 0 Å². The standard InChI is InChI=1S/C15H31N3O3.HI/c1-5-16-15(17-8-6-14(20)21-4)18-11-13(7-9-19)10-12(2)3;/h12-13,19H,5-11H2,1-4H3,(H2,16,17,18);1H. The molecule has 22 heavy (non-hydrogen) atoms. The second-order valence-electron chi connectivity index (χ2n) is 5.48. The Hall–Kier alpha value is -0.570. The molecule has 1 unspecified atom stereocenters. The lowest BCUT2D eigenvalue weighted by molar-refractivity contribution is -0.140. The molecule has 0 aromatic carbocycles. The summed E-state index contributed by atoms with van der Waals surface area (Å²) in [5, 5.41) is 15.4. The fraction of sp³-hybridized carbons (Fsp3) is 0.867. The number of hydrogen-bond donors (Lipinski definition) is 3. The third kappa shape index (κ3) is 13.1. The van der Waals surface area contributed by atoms with E-state index in [-0.39, 0.29) is 36.6 Å². The van der Waals surface area contributed by atoms with E-state index < -0.39 is 0 Å². The molecule has 0 saturated heterocycles. The number of carbonyl (C=O) groups excluding carboxylic acids is 1. The van der Waals surface area contributed by atoms with E-state index in [2.05, 4.69) is 34.2 Å². The minimum atomic E-state index is -0.240. The fourth-order valence-corrected chi connectivity index (χ4v) is 2.08. The first kappa shape index (κ1) is 23.7. The highest BCUT2D eigenvalue weighted by Crippen LogP contribution is 2.15. The molecule has 0 aliphatic carbocycles. The van der Waals surface area contributed by atoms with Crippen molar-refractivity contribution in [3.63, 3.8) is 0 Å². The van der Waals surface area contributed by atoms with Gasteiger partial charge in [-0.25, -0.2) is 0 Å². The number of methoxy groups -OCH3 is 1. The molecule has 0 saturated carbocycles. The van der Waals surface area contributed by atoms with Crippen LogP contribution in [0.15, 0.2) is 4.99 Å². The van der Waals surface area contributed by atoms with Gasteiger partial charge in [0.25, 0.3) is 0 Å². The summed E-state index contributed by atoms with van der Waals surface area (Å²) < 4.78 is 4.60. The van der Waals surface area contributed by atoms with Gasteiger partial charge in [0.05, 0.1) is 13.5 Å². The molecule has 0 bridgehead atoms. The zero-order chi connectivity index (χ0) is 16.1. The Labute approximate surface area is 151 Å². The van der Waals surface area contributed by atoms with Crippen molar-refractivity contribution in [2.24, 2.45) is 16.8 Å². The number of aliphatic hydroxyl groups is 1. The Morgan fingerprint density at radius 3 is 2.50 bits per heavy atom. The molecule has 1 atom stereocenters. The van der Waals surface area contributed by atoms with Crippen LogP contribution in [-0.4, -0.2) is 50.4 Å². The Balaban J connectivity index is 0. The summed E-state index contributed by atoms with van der Waals surface area (Å²) in [6.45, 7) is 8.47. The molecule has 7 heteroatoms. The highest BCUT2D eigenvalue weighted by atomic mass is 127. The van der Waals surface area contributed by atoms with Crippen molar-refractivity contribution >= 4 is 35.9 Å². The van der Waals surface area contributed by atoms with Gasteiger partial charge in [-0.3, -0.25) is 9.79 Å². The smallest absolute Gasteiger partial charge is 0.307 e. The molecule has 132 valence electrons. The van der Waals surface area contributed by atoms with E-state index in [1.165, 1.54) is 7.11 Å². The van der Waals surface area contributed by atoms with Gasteiger partial charge in [0.15, 0.2) is 5.96 Å². The normalized spacial score (nSPS) is 12.5. The molecule has 0 heterocycles. The van der Waals surface area contributed by atoms with E-state index in [0.29, 0.717) is 37.3 Å². The van der Waals surface area contributed by atoms with Gasteiger partial charge in [-0.05, 0) is 31.6 Å². The summed E-state index contributed by atoms with van der Waals surface area (Å²) in [4.78, 5) is 15.6. The predicted molar refractivity (Wildman–Crippen MR) is 101 cm³/mol. The molecule has 0 rings (SSSR count). The van der Waals surface area contributed by atoms with Crippen molar-refractivity contribution in [1.29, 1.82) is 0 Å². The first-order valence-corrected chi connectivity index (χ1v) is 7.73. The van der Waals surface area contributed by atoms with E-state index in [4.69, 9.17) is 5.11 Å². The van der Waals surface area contributed by atoms with E-state index in [1.54, 1.807) is 0 Å². The summed E-state index contributed by atoms with van der Waals surface area (Å²) in [6.07, 6.45) is 2.13. The van der Waals surface area contributed by atoms with Gasteiger partial charge in [-0.1, -0.05) is 13.8 Å². The predicted octanol–water partition coefficient (Wildman–Crippen LogP) is 1.77. The first-order valence-electron chi connectivity index (χ1n) is 7.73. The molecule has 3 N–H and O–H groups in total. The van der Waals surface area contributed by atoms with E-state index in [1.807, 2.05) is 6.92 Å². The molecule has 6 nitrogen and oxygen atoms in total. The topological polar surface area (TPSA) is 83.0 Å². The molecule has 0 aromatic heterocycles. The highest BCUT2D eigenvalue weighted by molar-refractivity contribution is 14.0. The van der Waals surface area contributed by atoms with Crippen molar-refractivity contribution in [3.05, 3.63) is 0 Å². The quantitative estimate of drug-likeness (QED) is 0.213. The summed E-state index contributed by atoms with van der Waals surface area (Å²) in [7, 11) is 1.38. The number of esters is 1. The zero-order valence-electron chi connectivity index (χ0n) is 14.2. The van der Waals surface area contributed by atoms with Crippen LogP contribution in [0.1, 0.15) is 40.0 Å². The number of aliphatic hydroxyl groups excluding tert-OH is 1. The van der Waals surface area contributed by atoms with Crippen LogP contribution in [0.25, 0.3) is 0 Å². The highest BCUT2D eigenvalue weighted by Gasteiger charge is 2.10. The van der Waals surface area contributed by atoms with Gasteiger partial charge < -0.3 is 20.5 Å². The third-order valence-corrected chi connectivity index (χ3v) is 3.04. The van der Waals surface area contributed by atoms with Crippen LogP contribution >= 0.6 is 24.0 Å². The van der Waals surface area contributed by atoms with E-state index in [0.717, 1.165) is 19.4 Å². The lowest BCUT2D eigenvalue weighted by Crippen LogP contribution is -2.38. The average Bonchev–Trinajstić information content (AvgIpc) is 2.43. The third-order valence-electron chi connectivity index (χ3n) is 3.04. The van der Waals surface area contributed by atoms with Crippen LogP contribution in [0, 0.1) is 11.8 Å². The van der Waals surface area contributed by atoms with Crippen molar-refractivity contribution in [1.82, 2.24) is 10.6 Å². The molecule has 0 aromatic rings. The number of halogens is 1. The van der Waals surface area contributed by atoms with Crippen LogP contribution in [0.3, 0.4) is 0 Å². The number of hydrogen-bond acceptors (Lipinski definition) is 4. The first-order chi connectivity index (χ1) is 10.0. The summed E-state index contributed by atoms with van der Waals surface area (Å²) in [5.41, 5.74) is 0. The second kappa shape index (κ2) is 15.3. The molecular weight excluding hydrogens is 397 g/mol. The molecular formula is C15H32IN3O3. The Morgan fingerprint density at radius 1 is 1.32 bits per heavy atom. The second-order valence-corrected chi connectivity index (χ2v) is 5.48. The maximum absolute atomic E-state index is 11.1. The largest absolute Gasteiger partial charge is 0.469 e. The Bertz CT molecular complexity index is 312. The van der Waals surface area contributed by atoms with Crippen molar-refractivity contribution in [2.45, 2.75) is 40.0 Å². The Kier molecular flexibility index (Phi) is 16.5. The van der Waals surface area contributed by atoms with E-state index in [9.17, 15) is 4.79 Å². The Morgan fingerprint density at radius 2 is 2.00 bits per heavy atom. The van der Waals surface area contributed by atoms with Gasteiger partial charge in [-0.2, -0.15) is 0 Å². The lowest BCUT2D eigenvalue weighted by atomic mass is 9.94. The molecule has 0 fully saturated rings. The number of aliphatic imine (C=N–C) groups is 1. The molecule has 0 spiro atoms. The number of rotatable bonds is 10. The molecule has 0 radical (unpaired) electrons. The number of nitrogens with one attached hydrogen (secondary N) is 2. The molecule has 0 aliphatic heterocycles. The van der Waals surface area contributed by atoms with Crippen LogP contribution < -0.4 is 10.6 Å². The average molecular weight is 429 g/mol. The van der Waals surface area contributed by atoms with Crippen molar-refractivity contribution < 1.29 is 14.6 Å². The van der Waals surface area contributed by atoms with Gasteiger partial charge in [-0.15, -0.1) is 24.0 Å². The molecule has 0 amide bonds. The zero-order valence-corrected chi connectivity index (χ0v) is 16.6. The molecule has 0 aliphatic rings. The monoisotopic (exact) mass is 429 g/mol. The number of ether oxygens (including phenoxy) is 1. The minimum absolute atomic E-state index is 0. The van der Waals surface area contributed by atoms with Gasteiger partial charge in [0, 0.05) is 26.2 Å². The van der Waals surface area contributed by atoms with Gasteiger partial charge >= 0.3 is 5.97 Å².